The average Bonchev–Trinajstić information content (AvgIpc) is 2.96. The molecule has 0 N–H and O–H groups in total. The Morgan fingerprint density at radius 3 is 2.46 bits per heavy atom. The highest BCUT2D eigenvalue weighted by molar-refractivity contribution is 6.30. The maximum absolute atomic E-state index is 12.3. The van der Waals surface area contributed by atoms with Gasteiger partial charge in [0, 0.05) is 23.2 Å². The summed E-state index contributed by atoms with van der Waals surface area (Å²) < 4.78 is 6.99. The highest BCUT2D eigenvalue weighted by atomic mass is 35.5. The third-order valence-corrected chi connectivity index (χ3v) is 3.87. The number of esters is 1. The minimum Gasteiger partial charge on any atom is -0.404 e. The topological polar surface area (TPSA) is 87.3 Å². The number of halogens is 1. The van der Waals surface area contributed by atoms with E-state index in [0.29, 0.717) is 23.1 Å². The fourth-order valence-corrected chi connectivity index (χ4v) is 2.48. The van der Waals surface area contributed by atoms with Gasteiger partial charge >= 0.3 is 5.97 Å². The van der Waals surface area contributed by atoms with Gasteiger partial charge in [-0.2, -0.15) is 5.10 Å². The molecule has 0 aliphatic heterocycles. The van der Waals surface area contributed by atoms with Crippen molar-refractivity contribution in [2.45, 2.75) is 13.5 Å². The summed E-state index contributed by atoms with van der Waals surface area (Å²) in [7, 11) is 0. The van der Waals surface area contributed by atoms with E-state index >= 15 is 0 Å². The molecule has 0 spiro atoms. The molecule has 0 fully saturated rings. The van der Waals surface area contributed by atoms with Crippen LogP contribution in [0.1, 0.15) is 21.6 Å². The zero-order valence-electron chi connectivity index (χ0n) is 13.8. The highest BCUT2D eigenvalue weighted by Crippen LogP contribution is 2.19. The Morgan fingerprint density at radius 2 is 1.85 bits per heavy atom. The molecular formula is C18H14ClN3O4. The van der Waals surface area contributed by atoms with Crippen molar-refractivity contribution in [3.8, 4) is 5.88 Å². The van der Waals surface area contributed by atoms with Crippen LogP contribution in [0.2, 0.25) is 5.02 Å². The second-order valence-electron chi connectivity index (χ2n) is 5.60. The Balaban J connectivity index is 1.78. The van der Waals surface area contributed by atoms with Crippen molar-refractivity contribution in [1.82, 2.24) is 9.78 Å². The monoisotopic (exact) mass is 371 g/mol. The Morgan fingerprint density at radius 1 is 1.19 bits per heavy atom. The number of hydrogen-bond donors (Lipinski definition) is 0. The van der Waals surface area contributed by atoms with Crippen molar-refractivity contribution >= 4 is 23.3 Å². The molecule has 1 heterocycles. The van der Waals surface area contributed by atoms with Crippen molar-refractivity contribution < 1.29 is 14.5 Å². The van der Waals surface area contributed by atoms with Crippen LogP contribution in [0.5, 0.6) is 5.88 Å². The molecule has 0 unspecified atom stereocenters. The summed E-state index contributed by atoms with van der Waals surface area (Å²) in [5.41, 5.74) is 1.77. The number of nitro groups is 1. The number of carbonyl (C=O) groups excluding carboxylic acids is 1. The molecule has 1 aromatic heterocycles. The lowest BCUT2D eigenvalue weighted by Crippen LogP contribution is -2.13. The number of nitro benzene ring substituents is 1. The predicted molar refractivity (Wildman–Crippen MR) is 95.6 cm³/mol. The van der Waals surface area contributed by atoms with Crippen molar-refractivity contribution in [2.75, 3.05) is 0 Å². The van der Waals surface area contributed by atoms with Crippen LogP contribution in [0.4, 0.5) is 5.69 Å². The van der Waals surface area contributed by atoms with Crippen LogP contribution in [0, 0.1) is 17.0 Å². The van der Waals surface area contributed by atoms with Gasteiger partial charge in [-0.05, 0) is 36.8 Å². The van der Waals surface area contributed by atoms with Gasteiger partial charge in [0.25, 0.3) is 5.69 Å². The van der Waals surface area contributed by atoms with E-state index in [9.17, 15) is 14.9 Å². The first-order valence-electron chi connectivity index (χ1n) is 7.68. The summed E-state index contributed by atoms with van der Waals surface area (Å²) in [6.07, 6.45) is 0. The third kappa shape index (κ3) is 4.07. The minimum atomic E-state index is -0.614. The van der Waals surface area contributed by atoms with E-state index in [4.69, 9.17) is 16.3 Å². The van der Waals surface area contributed by atoms with E-state index in [1.807, 2.05) is 12.1 Å². The van der Waals surface area contributed by atoms with Gasteiger partial charge in [0.1, 0.15) is 0 Å². The van der Waals surface area contributed by atoms with E-state index in [2.05, 4.69) is 5.10 Å². The fourth-order valence-electron chi connectivity index (χ4n) is 2.35. The van der Waals surface area contributed by atoms with E-state index in [-0.39, 0.29) is 11.3 Å². The number of non-ortho nitro benzene ring substituents is 1. The fraction of sp³-hybridized carbons (Fsp3) is 0.111. The third-order valence-electron chi connectivity index (χ3n) is 3.62. The summed E-state index contributed by atoms with van der Waals surface area (Å²) >= 11 is 5.88. The maximum Gasteiger partial charge on any atom is 0.344 e. The van der Waals surface area contributed by atoms with Gasteiger partial charge in [0.2, 0.25) is 5.88 Å². The van der Waals surface area contributed by atoms with Gasteiger partial charge in [-0.3, -0.25) is 10.1 Å². The van der Waals surface area contributed by atoms with E-state index in [0.717, 1.165) is 5.56 Å². The number of rotatable bonds is 5. The molecule has 2 aromatic carbocycles. The predicted octanol–water partition coefficient (Wildman–Crippen LogP) is 4.02. The summed E-state index contributed by atoms with van der Waals surface area (Å²) in [5, 5.41) is 15.6. The number of carbonyl (C=O) groups is 1. The van der Waals surface area contributed by atoms with Crippen LogP contribution >= 0.6 is 11.6 Å². The number of aromatic nitrogens is 2. The van der Waals surface area contributed by atoms with Crippen LogP contribution in [-0.2, 0) is 6.54 Å². The normalized spacial score (nSPS) is 10.5. The number of nitrogens with zero attached hydrogens (tertiary/aromatic N) is 3. The molecule has 3 rings (SSSR count). The second kappa shape index (κ2) is 7.37. The molecule has 132 valence electrons. The summed E-state index contributed by atoms with van der Waals surface area (Å²) in [6, 6.07) is 14.1. The van der Waals surface area contributed by atoms with Gasteiger partial charge in [-0.25, -0.2) is 9.48 Å². The number of ether oxygens (including phenoxy) is 1. The quantitative estimate of drug-likeness (QED) is 0.384. The Hall–Kier alpha value is -3.19. The zero-order valence-corrected chi connectivity index (χ0v) is 14.5. The van der Waals surface area contributed by atoms with Gasteiger partial charge < -0.3 is 4.74 Å². The summed E-state index contributed by atoms with van der Waals surface area (Å²) in [4.78, 5) is 22.5. The Labute approximate surface area is 153 Å². The molecule has 0 saturated carbocycles. The van der Waals surface area contributed by atoms with Gasteiger partial charge in [0.05, 0.1) is 22.7 Å². The van der Waals surface area contributed by atoms with Crippen LogP contribution in [-0.4, -0.2) is 20.7 Å². The first-order chi connectivity index (χ1) is 12.4. The molecule has 3 aromatic rings. The standard InChI is InChI=1S/C18H14ClN3O4/c1-12-10-17(21(20-12)11-13-2-6-15(19)7-3-13)26-18(23)14-4-8-16(9-5-14)22(24)25/h2-10H,11H2,1H3. The summed E-state index contributed by atoms with van der Waals surface area (Å²) in [5.74, 6) is -0.321. The van der Waals surface area contributed by atoms with Gasteiger partial charge in [-0.15, -0.1) is 0 Å². The smallest absolute Gasteiger partial charge is 0.344 e. The van der Waals surface area contributed by atoms with Gasteiger partial charge in [-0.1, -0.05) is 23.7 Å². The molecule has 0 radical (unpaired) electrons. The van der Waals surface area contributed by atoms with Crippen molar-refractivity contribution in [2.24, 2.45) is 0 Å². The average molecular weight is 372 g/mol. The lowest BCUT2D eigenvalue weighted by molar-refractivity contribution is -0.384. The number of benzene rings is 2. The molecule has 7 nitrogen and oxygen atoms in total. The largest absolute Gasteiger partial charge is 0.404 e. The van der Waals surface area contributed by atoms with E-state index in [1.165, 1.54) is 24.3 Å². The second-order valence-corrected chi connectivity index (χ2v) is 6.04. The minimum absolute atomic E-state index is 0.0924. The lowest BCUT2D eigenvalue weighted by atomic mass is 10.2. The van der Waals surface area contributed by atoms with Crippen molar-refractivity contribution in [3.63, 3.8) is 0 Å². The number of aryl methyl sites for hydroxylation is 1. The van der Waals surface area contributed by atoms with E-state index in [1.54, 1.807) is 29.8 Å². The van der Waals surface area contributed by atoms with Gasteiger partial charge in [0.15, 0.2) is 0 Å². The van der Waals surface area contributed by atoms with Crippen LogP contribution in [0.15, 0.2) is 54.6 Å². The number of hydrogen-bond acceptors (Lipinski definition) is 5. The zero-order chi connectivity index (χ0) is 18.7. The molecule has 0 saturated heterocycles. The Bertz CT molecular complexity index is 950. The van der Waals surface area contributed by atoms with Crippen LogP contribution < -0.4 is 4.74 Å². The molecule has 0 atom stereocenters. The molecule has 0 aliphatic carbocycles. The molecule has 0 bridgehead atoms. The maximum atomic E-state index is 12.3. The SMILES string of the molecule is Cc1cc(OC(=O)c2ccc([N+](=O)[O-])cc2)n(Cc2ccc(Cl)cc2)n1. The first kappa shape index (κ1) is 17.6. The summed E-state index contributed by atoms with van der Waals surface area (Å²) in [6.45, 7) is 2.20. The highest BCUT2D eigenvalue weighted by Gasteiger charge is 2.15. The van der Waals surface area contributed by atoms with E-state index < -0.39 is 10.9 Å². The van der Waals surface area contributed by atoms with Crippen LogP contribution in [0.25, 0.3) is 0 Å². The lowest BCUT2D eigenvalue weighted by Gasteiger charge is -2.08. The van der Waals surface area contributed by atoms with Crippen LogP contribution in [0.3, 0.4) is 0 Å². The molecular weight excluding hydrogens is 358 g/mol. The molecule has 8 heteroatoms. The first-order valence-corrected chi connectivity index (χ1v) is 8.06. The molecule has 0 aliphatic rings. The van der Waals surface area contributed by atoms with Crippen molar-refractivity contribution in [1.29, 1.82) is 0 Å². The van der Waals surface area contributed by atoms with Crippen molar-refractivity contribution in [3.05, 3.63) is 86.6 Å². The molecule has 0 amide bonds. The Kier molecular flexibility index (Phi) is 4.99. The molecule has 26 heavy (non-hydrogen) atoms.